The van der Waals surface area contributed by atoms with E-state index in [2.05, 4.69) is 41.3 Å². The molecule has 1 unspecified atom stereocenters. The minimum atomic E-state index is 0.748. The molecule has 3 rings (SSSR count). The summed E-state index contributed by atoms with van der Waals surface area (Å²) in [6, 6.07) is 11.5. The van der Waals surface area contributed by atoms with Crippen LogP contribution in [0.5, 0.6) is 0 Å². The Balaban J connectivity index is 1.83. The lowest BCUT2D eigenvalue weighted by atomic mass is 9.87. The van der Waals surface area contributed by atoms with Crippen LogP contribution in [-0.2, 0) is 0 Å². The molecule has 1 aromatic rings. The maximum Gasteiger partial charge on any atom is 0.0310 e. The summed E-state index contributed by atoms with van der Waals surface area (Å²) in [7, 11) is 0. The van der Waals surface area contributed by atoms with Crippen molar-refractivity contribution in [2.75, 3.05) is 13.1 Å². The molecule has 17 heavy (non-hydrogen) atoms. The van der Waals surface area contributed by atoms with E-state index in [0.29, 0.717) is 0 Å². The van der Waals surface area contributed by atoms with Crippen LogP contribution in [-0.4, -0.2) is 24.0 Å². The van der Waals surface area contributed by atoms with Gasteiger partial charge < -0.3 is 0 Å². The molecule has 2 saturated heterocycles. The SMILES string of the molecule is C(=C1CCCN2CCCCC12)c1ccccc1. The van der Waals surface area contributed by atoms with E-state index >= 15 is 0 Å². The highest BCUT2D eigenvalue weighted by Crippen LogP contribution is 2.31. The zero-order chi connectivity index (χ0) is 11.5. The van der Waals surface area contributed by atoms with Crippen LogP contribution in [0, 0.1) is 0 Å². The van der Waals surface area contributed by atoms with Crippen molar-refractivity contribution in [2.24, 2.45) is 0 Å². The van der Waals surface area contributed by atoms with Crippen LogP contribution in [0.2, 0.25) is 0 Å². The molecule has 0 spiro atoms. The van der Waals surface area contributed by atoms with Gasteiger partial charge in [-0.15, -0.1) is 0 Å². The normalized spacial score (nSPS) is 28.0. The van der Waals surface area contributed by atoms with E-state index < -0.39 is 0 Å². The Morgan fingerprint density at radius 3 is 2.71 bits per heavy atom. The standard InChI is InChI=1S/C16H21N/c1-2-7-14(8-3-1)13-15-9-6-12-17-11-5-4-10-16(15)17/h1-3,7-8,13,16H,4-6,9-12H2. The fraction of sp³-hybridized carbons (Fsp3) is 0.500. The molecule has 1 atom stereocenters. The van der Waals surface area contributed by atoms with E-state index in [1.807, 2.05) is 0 Å². The third kappa shape index (κ3) is 2.44. The van der Waals surface area contributed by atoms with E-state index in [1.165, 1.54) is 50.8 Å². The van der Waals surface area contributed by atoms with Gasteiger partial charge in [0, 0.05) is 6.04 Å². The van der Waals surface area contributed by atoms with Gasteiger partial charge in [-0.2, -0.15) is 0 Å². The van der Waals surface area contributed by atoms with Crippen LogP contribution in [0.4, 0.5) is 0 Å². The summed E-state index contributed by atoms with van der Waals surface area (Å²) in [4.78, 5) is 2.70. The van der Waals surface area contributed by atoms with Crippen molar-refractivity contribution in [3.63, 3.8) is 0 Å². The van der Waals surface area contributed by atoms with Gasteiger partial charge in [0.2, 0.25) is 0 Å². The largest absolute Gasteiger partial charge is 0.297 e. The first-order valence-corrected chi connectivity index (χ1v) is 6.93. The van der Waals surface area contributed by atoms with Crippen molar-refractivity contribution < 1.29 is 0 Å². The minimum Gasteiger partial charge on any atom is -0.297 e. The van der Waals surface area contributed by atoms with Gasteiger partial charge in [0.1, 0.15) is 0 Å². The Bertz CT molecular complexity index is 391. The molecule has 90 valence electrons. The topological polar surface area (TPSA) is 3.24 Å². The third-order valence-electron chi connectivity index (χ3n) is 4.10. The average molecular weight is 227 g/mol. The summed E-state index contributed by atoms with van der Waals surface area (Å²) < 4.78 is 0. The second kappa shape index (κ2) is 5.05. The van der Waals surface area contributed by atoms with Gasteiger partial charge in [-0.3, -0.25) is 4.90 Å². The maximum absolute atomic E-state index is 2.70. The molecular formula is C16H21N. The van der Waals surface area contributed by atoms with Crippen LogP contribution in [0.25, 0.3) is 6.08 Å². The van der Waals surface area contributed by atoms with Crippen LogP contribution in [0.15, 0.2) is 35.9 Å². The number of hydrogen-bond donors (Lipinski definition) is 0. The lowest BCUT2D eigenvalue weighted by Gasteiger charge is -2.41. The zero-order valence-electron chi connectivity index (χ0n) is 10.4. The van der Waals surface area contributed by atoms with Crippen molar-refractivity contribution >= 4 is 6.08 Å². The van der Waals surface area contributed by atoms with Gasteiger partial charge in [0.25, 0.3) is 0 Å². The van der Waals surface area contributed by atoms with Crippen LogP contribution >= 0.6 is 0 Å². The molecule has 2 aliphatic heterocycles. The second-order valence-corrected chi connectivity index (χ2v) is 5.28. The van der Waals surface area contributed by atoms with Crippen molar-refractivity contribution in [1.82, 2.24) is 4.90 Å². The first-order chi connectivity index (χ1) is 8.43. The van der Waals surface area contributed by atoms with E-state index in [9.17, 15) is 0 Å². The predicted octanol–water partition coefficient (Wildman–Crippen LogP) is 3.72. The highest BCUT2D eigenvalue weighted by atomic mass is 15.2. The van der Waals surface area contributed by atoms with Crippen LogP contribution < -0.4 is 0 Å². The molecule has 1 nitrogen and oxygen atoms in total. The molecule has 1 aromatic carbocycles. The number of rotatable bonds is 1. The van der Waals surface area contributed by atoms with Gasteiger partial charge >= 0.3 is 0 Å². The van der Waals surface area contributed by atoms with E-state index in [0.717, 1.165) is 6.04 Å². The van der Waals surface area contributed by atoms with Crippen molar-refractivity contribution in [2.45, 2.75) is 38.1 Å². The fourth-order valence-electron chi connectivity index (χ4n) is 3.26. The molecule has 0 radical (unpaired) electrons. The Labute approximate surface area is 104 Å². The highest BCUT2D eigenvalue weighted by molar-refractivity contribution is 5.54. The molecule has 0 aliphatic carbocycles. The van der Waals surface area contributed by atoms with Gasteiger partial charge in [0.05, 0.1) is 0 Å². The van der Waals surface area contributed by atoms with Gasteiger partial charge in [-0.1, -0.05) is 48.4 Å². The van der Waals surface area contributed by atoms with Crippen molar-refractivity contribution in [1.29, 1.82) is 0 Å². The van der Waals surface area contributed by atoms with Crippen molar-refractivity contribution in [3.8, 4) is 0 Å². The van der Waals surface area contributed by atoms with Crippen LogP contribution in [0.1, 0.15) is 37.7 Å². The Morgan fingerprint density at radius 2 is 1.82 bits per heavy atom. The molecule has 1 heteroatoms. The first kappa shape index (κ1) is 11.0. The maximum atomic E-state index is 2.70. The number of nitrogens with zero attached hydrogens (tertiary/aromatic N) is 1. The number of piperidine rings is 2. The Hall–Kier alpha value is -1.08. The summed E-state index contributed by atoms with van der Waals surface area (Å²) in [5.41, 5.74) is 3.04. The monoisotopic (exact) mass is 227 g/mol. The van der Waals surface area contributed by atoms with E-state index in [-0.39, 0.29) is 0 Å². The van der Waals surface area contributed by atoms with Gasteiger partial charge in [-0.25, -0.2) is 0 Å². The Kier molecular flexibility index (Phi) is 3.28. The molecular weight excluding hydrogens is 206 g/mol. The number of fused-ring (bicyclic) bond motifs is 1. The average Bonchev–Trinajstić information content (AvgIpc) is 2.40. The summed E-state index contributed by atoms with van der Waals surface area (Å²) in [6.45, 7) is 2.63. The molecule has 0 saturated carbocycles. The molecule has 0 aromatic heterocycles. The quantitative estimate of drug-likeness (QED) is 0.707. The lowest BCUT2D eigenvalue weighted by Crippen LogP contribution is -2.44. The van der Waals surface area contributed by atoms with E-state index in [1.54, 1.807) is 5.57 Å². The zero-order valence-corrected chi connectivity index (χ0v) is 10.4. The Morgan fingerprint density at radius 1 is 1.00 bits per heavy atom. The summed E-state index contributed by atoms with van der Waals surface area (Å²) in [6.07, 6.45) is 9.26. The van der Waals surface area contributed by atoms with Gasteiger partial charge in [0.15, 0.2) is 0 Å². The van der Waals surface area contributed by atoms with Gasteiger partial charge in [-0.05, 0) is 44.3 Å². The smallest absolute Gasteiger partial charge is 0.0310 e. The van der Waals surface area contributed by atoms with Crippen LogP contribution in [0.3, 0.4) is 0 Å². The lowest BCUT2D eigenvalue weighted by molar-refractivity contribution is 0.148. The predicted molar refractivity (Wildman–Crippen MR) is 72.9 cm³/mol. The molecule has 0 amide bonds. The van der Waals surface area contributed by atoms with Crippen molar-refractivity contribution in [3.05, 3.63) is 41.5 Å². The highest BCUT2D eigenvalue weighted by Gasteiger charge is 2.28. The molecule has 2 aliphatic rings. The molecule has 2 heterocycles. The minimum absolute atomic E-state index is 0.748. The van der Waals surface area contributed by atoms with E-state index in [4.69, 9.17) is 0 Å². The molecule has 0 bridgehead atoms. The number of hydrogen-bond acceptors (Lipinski definition) is 1. The summed E-state index contributed by atoms with van der Waals surface area (Å²) in [5, 5.41) is 0. The first-order valence-electron chi connectivity index (χ1n) is 6.93. The molecule has 0 N–H and O–H groups in total. The summed E-state index contributed by atoms with van der Waals surface area (Å²) in [5.74, 6) is 0. The third-order valence-corrected chi connectivity index (χ3v) is 4.10. The second-order valence-electron chi connectivity index (χ2n) is 5.28. The number of benzene rings is 1. The summed E-state index contributed by atoms with van der Waals surface area (Å²) >= 11 is 0. The fourth-order valence-corrected chi connectivity index (χ4v) is 3.26. The molecule has 2 fully saturated rings.